The zero-order chi connectivity index (χ0) is 87.3. The molecule has 0 unspecified atom stereocenters. The summed E-state index contributed by atoms with van der Waals surface area (Å²) in [5.41, 5.74) is 21.2. The van der Waals surface area contributed by atoms with Gasteiger partial charge in [-0.05, 0) is 47.0 Å². The van der Waals surface area contributed by atoms with Crippen LogP contribution >= 0.6 is 0 Å². The van der Waals surface area contributed by atoms with E-state index in [-0.39, 0.29) is 80.4 Å². The van der Waals surface area contributed by atoms with Crippen LogP contribution in [0.5, 0.6) is 0 Å². The van der Waals surface area contributed by atoms with E-state index < -0.39 is 53.1 Å². The Labute approximate surface area is 825 Å². The third-order valence-corrected chi connectivity index (χ3v) is 36.5. The molecule has 4 radical (unpaired) electrons. The molecule has 18 aromatic rings. The van der Waals surface area contributed by atoms with E-state index in [2.05, 4.69) is 291 Å². The van der Waals surface area contributed by atoms with Crippen LogP contribution in [-0.4, -0.2) is 92.9 Å². The molecule has 8 heterocycles. The molecule has 0 N–H and O–H groups in total. The van der Waals surface area contributed by atoms with Crippen LogP contribution < -0.4 is 17.6 Å². The fourth-order valence-corrected chi connectivity index (χ4v) is 21.2. The van der Waals surface area contributed by atoms with Gasteiger partial charge in [0.1, 0.15) is 0 Å². The van der Waals surface area contributed by atoms with Gasteiger partial charge in [-0.25, -0.2) is 0 Å². The fourth-order valence-electron chi connectivity index (χ4n) is 12.3. The standard InChI is InChI=1S/2C20H20GeN.2C14H16GeN.4C11H8N.4Ir/c1-21(2,3)19-12-13-20(22-15-19)18-11-7-10-17(14-18)16-8-5-4-6-9-16;1-21(2,3)19-13-14-20(22-15-19)18-11-9-17(10-12-18)16-7-5-4-6-8-16;1-15(2,3)13-9-10-16-14(11-13)12-7-5-4-6-8-12;1-15(2,3)13-9-10-14(16-11-13)12-7-5-4-6-8-12;4*1-2-6-10(7-3-1)11-8-4-5-9-12-11;;;;/h4-10,12-15H,1-3H3;4-11,13-15H,1-3H3;2*4-7,9-11H,1-3H3;4*1-6,8-9H;;;;/q8*-1;;;;. The predicted molar refractivity (Wildman–Crippen MR) is 531 cm³/mol. The van der Waals surface area contributed by atoms with Crippen molar-refractivity contribution in [2.24, 2.45) is 0 Å². The molecule has 0 aliphatic carbocycles. The normalized spacial score (nSPS) is 10.4. The van der Waals surface area contributed by atoms with Crippen molar-refractivity contribution >= 4 is 70.6 Å². The maximum Gasteiger partial charge on any atom is 0.0160 e. The molecule has 0 aliphatic heterocycles. The van der Waals surface area contributed by atoms with Crippen LogP contribution in [0.1, 0.15) is 0 Å². The Morgan fingerprint density at radius 2 is 0.445 bits per heavy atom. The Bertz CT molecular complexity index is 5600. The van der Waals surface area contributed by atoms with Gasteiger partial charge in [0, 0.05) is 105 Å². The summed E-state index contributed by atoms with van der Waals surface area (Å²) in [6.45, 7) is 0. The zero-order valence-electron chi connectivity index (χ0n) is 74.2. The van der Waals surface area contributed by atoms with Gasteiger partial charge in [0.05, 0.1) is 0 Å². The van der Waals surface area contributed by atoms with Crippen molar-refractivity contribution in [2.45, 2.75) is 69.1 Å². The Morgan fingerprint density at radius 1 is 0.172 bits per heavy atom. The average molecular weight is 2620 g/mol. The number of pyridine rings is 8. The van der Waals surface area contributed by atoms with Crippen molar-refractivity contribution in [2.75, 3.05) is 0 Å². The van der Waals surface area contributed by atoms with Gasteiger partial charge < -0.3 is 19.9 Å². The summed E-state index contributed by atoms with van der Waals surface area (Å²) < 4.78 is 5.80. The number of nitrogens with zero attached hydrogens (tertiary/aromatic N) is 8. The molecule has 18 rings (SSSR count). The van der Waals surface area contributed by atoms with E-state index in [1.807, 2.05) is 255 Å². The van der Waals surface area contributed by atoms with E-state index in [9.17, 15) is 0 Å². The number of benzene rings is 10. The third-order valence-electron chi connectivity index (χ3n) is 19.5. The number of hydrogen-bond donors (Lipinski definition) is 0. The van der Waals surface area contributed by atoms with E-state index in [1.165, 1.54) is 39.8 Å². The topological polar surface area (TPSA) is 103 Å². The van der Waals surface area contributed by atoms with Crippen LogP contribution in [0.25, 0.3) is 112 Å². The molecule has 0 aliphatic rings. The third kappa shape index (κ3) is 34.9. The predicted octanol–water partition coefficient (Wildman–Crippen LogP) is 25.9. The summed E-state index contributed by atoms with van der Waals surface area (Å²) >= 11 is -7.03. The van der Waals surface area contributed by atoms with Gasteiger partial charge in [-0.2, -0.15) is 0 Å². The number of hydrogen-bond acceptors (Lipinski definition) is 8. The first-order valence-corrected chi connectivity index (χ1v) is 70.9. The second-order valence-corrected chi connectivity index (χ2v) is 75.6. The monoisotopic (exact) mass is 2630 g/mol. The molecule has 0 spiro atoms. The van der Waals surface area contributed by atoms with Crippen molar-refractivity contribution in [1.82, 2.24) is 39.9 Å². The van der Waals surface area contributed by atoms with Crippen molar-refractivity contribution in [3.05, 3.63) is 462 Å². The molecule has 0 bridgehead atoms. The molecular formula is C112H104Ge4Ir4N8-8. The molecule has 0 amide bonds. The number of rotatable bonds is 14. The Kier molecular flexibility index (Phi) is 44.9. The molecular weight excluding hydrogens is 2520 g/mol. The van der Waals surface area contributed by atoms with Crippen molar-refractivity contribution in [3.8, 4) is 112 Å². The minimum Gasteiger partial charge on any atom is -0.305 e. The van der Waals surface area contributed by atoms with Crippen molar-refractivity contribution in [1.29, 1.82) is 0 Å². The van der Waals surface area contributed by atoms with Gasteiger partial charge in [-0.1, -0.05) is 48.5 Å². The smallest absolute Gasteiger partial charge is 0.0160 e. The zero-order valence-corrected chi connectivity index (χ0v) is 92.1. The molecule has 652 valence electrons. The molecule has 0 fully saturated rings. The van der Waals surface area contributed by atoms with E-state index in [0.29, 0.717) is 0 Å². The SMILES string of the molecule is [CH3][Ge]([CH3])([CH3])[c]1ccc(-c2[c-]cc(-c3ccccc3)cc2)nc1.[CH3][Ge]([CH3])([CH3])[c]1ccc(-c2[c-]ccc(-c3ccccc3)c2)nc1.[CH3][Ge]([CH3])([CH3])[c]1ccc(-c2[c-]cccc2)nc1.[CH3][Ge]([CH3])([CH3])[c]1ccnc(-c2[c-]cccc2)c1.[Ir].[Ir].[Ir].[Ir].[c-]1ccccc1-c1ccccn1.[c-]1ccccc1-c1ccccn1.[c-]1ccccc1-c1ccccn1.[c-]1ccccc1-c1ccccn1. The molecule has 0 atom stereocenters. The van der Waals surface area contributed by atoms with Crippen LogP contribution in [-0.2, 0) is 80.4 Å². The molecule has 0 saturated carbocycles. The van der Waals surface area contributed by atoms with Crippen molar-refractivity contribution < 1.29 is 80.4 Å². The summed E-state index contributed by atoms with van der Waals surface area (Å²) in [4.78, 5) is 35.1. The largest absolute Gasteiger partial charge is 0.305 e. The van der Waals surface area contributed by atoms with Crippen molar-refractivity contribution in [3.63, 3.8) is 0 Å². The van der Waals surface area contributed by atoms with Crippen LogP contribution in [0.3, 0.4) is 0 Å². The summed E-state index contributed by atoms with van der Waals surface area (Å²) in [5.74, 6) is 28.7. The molecule has 0 saturated heterocycles. The molecule has 8 nitrogen and oxygen atoms in total. The second-order valence-electron chi connectivity index (χ2n) is 33.0. The summed E-state index contributed by atoms with van der Waals surface area (Å²) in [6.07, 6.45) is 15.2. The average Bonchev–Trinajstić information content (AvgIpc) is 0.837. The molecule has 8 aromatic heterocycles. The first-order valence-electron chi connectivity index (χ1n) is 41.6. The minimum absolute atomic E-state index is 0. The fraction of sp³-hybridized carbons (Fsp3) is 0.107. The summed E-state index contributed by atoms with van der Waals surface area (Å²) in [7, 11) is 0. The first-order chi connectivity index (χ1) is 60.1. The Balaban J connectivity index is 0.000000202. The Morgan fingerprint density at radius 3 is 0.719 bits per heavy atom. The molecule has 128 heavy (non-hydrogen) atoms. The van der Waals surface area contributed by atoms with Gasteiger partial charge in [-0.3, -0.25) is 0 Å². The van der Waals surface area contributed by atoms with Gasteiger partial charge in [0.25, 0.3) is 0 Å². The maximum absolute atomic E-state index is 4.67. The number of aromatic nitrogens is 8. The Hall–Kier alpha value is -9.83. The van der Waals surface area contributed by atoms with Crippen LogP contribution in [0.4, 0.5) is 0 Å². The van der Waals surface area contributed by atoms with E-state index in [4.69, 9.17) is 0 Å². The van der Waals surface area contributed by atoms with Gasteiger partial charge >= 0.3 is 470 Å². The van der Waals surface area contributed by atoms with Gasteiger partial charge in [0.15, 0.2) is 0 Å². The van der Waals surface area contributed by atoms with Gasteiger partial charge in [0.2, 0.25) is 0 Å². The quantitative estimate of drug-likeness (QED) is 0.0784. The first kappa shape index (κ1) is 105. The summed E-state index contributed by atoms with van der Waals surface area (Å²) in [5, 5.41) is 0. The van der Waals surface area contributed by atoms with E-state index >= 15 is 0 Å². The van der Waals surface area contributed by atoms with Crippen LogP contribution in [0, 0.1) is 48.5 Å². The maximum atomic E-state index is 4.67. The summed E-state index contributed by atoms with van der Waals surface area (Å²) in [6, 6.07) is 147. The minimum atomic E-state index is -1.79. The molecule has 16 heteroatoms. The van der Waals surface area contributed by atoms with Gasteiger partial charge in [-0.15, -0.1) is 144 Å². The molecule has 10 aromatic carbocycles. The van der Waals surface area contributed by atoms with E-state index in [0.717, 1.165) is 90.1 Å². The van der Waals surface area contributed by atoms with Crippen LogP contribution in [0.2, 0.25) is 69.1 Å². The van der Waals surface area contributed by atoms with Crippen LogP contribution in [0.15, 0.2) is 414 Å². The van der Waals surface area contributed by atoms with E-state index in [1.54, 1.807) is 24.8 Å². The second kappa shape index (κ2) is 54.6.